The van der Waals surface area contributed by atoms with Crippen molar-refractivity contribution in [2.24, 2.45) is 23.2 Å². The molecule has 3 rings (SSSR count). The van der Waals surface area contributed by atoms with Crippen LogP contribution in [0.25, 0.3) is 0 Å². The van der Waals surface area contributed by atoms with Crippen LogP contribution >= 0.6 is 11.6 Å². The van der Waals surface area contributed by atoms with E-state index < -0.39 is 82.4 Å². The average molecular weight is 541 g/mol. The fraction of sp³-hybridized carbons (Fsp3) is 0.654. The van der Waals surface area contributed by atoms with Gasteiger partial charge in [-0.1, -0.05) is 32.1 Å². The molecule has 0 bridgehead atoms. The minimum atomic E-state index is -2.18. The number of halogens is 1. The summed E-state index contributed by atoms with van der Waals surface area (Å²) in [5.41, 5.74) is -3.30. The third-order valence-electron chi connectivity index (χ3n) is 7.81. The summed E-state index contributed by atoms with van der Waals surface area (Å²) < 4.78 is 22.6. The number of ketones is 1. The van der Waals surface area contributed by atoms with Crippen LogP contribution in [0.15, 0.2) is 24.3 Å². The van der Waals surface area contributed by atoms with Gasteiger partial charge in [-0.15, -0.1) is 11.6 Å². The Morgan fingerprint density at radius 3 is 2.14 bits per heavy atom. The molecule has 1 saturated carbocycles. The van der Waals surface area contributed by atoms with Gasteiger partial charge in [0.25, 0.3) is 0 Å². The minimum Gasteiger partial charge on any atom is -0.459 e. The van der Waals surface area contributed by atoms with E-state index in [0.717, 1.165) is 6.92 Å². The average Bonchev–Trinajstić information content (AvgIpc) is 3.02. The summed E-state index contributed by atoms with van der Waals surface area (Å²) in [5, 5.41) is 11.0. The Morgan fingerprint density at radius 1 is 1.05 bits per heavy atom. The van der Waals surface area contributed by atoms with Crippen molar-refractivity contribution >= 4 is 41.3 Å². The molecule has 0 aromatic rings. The molecule has 11 heteroatoms. The van der Waals surface area contributed by atoms with Gasteiger partial charge in [-0.2, -0.15) is 0 Å². The summed E-state index contributed by atoms with van der Waals surface area (Å²) in [6.07, 6.45) is -2.54. The van der Waals surface area contributed by atoms with Crippen LogP contribution in [0.2, 0.25) is 0 Å². The third-order valence-corrected chi connectivity index (χ3v) is 8.35. The van der Waals surface area contributed by atoms with Gasteiger partial charge in [-0.25, -0.2) is 0 Å². The van der Waals surface area contributed by atoms with E-state index in [2.05, 4.69) is 6.58 Å². The number of allylic oxidation sites excluding steroid dienone is 1. The van der Waals surface area contributed by atoms with Gasteiger partial charge in [-0.3, -0.25) is 24.0 Å². The molecule has 0 amide bonds. The maximum Gasteiger partial charge on any atom is 0.312 e. The van der Waals surface area contributed by atoms with E-state index in [-0.39, 0.29) is 17.8 Å². The zero-order valence-electron chi connectivity index (χ0n) is 21.7. The van der Waals surface area contributed by atoms with Gasteiger partial charge in [0, 0.05) is 44.4 Å². The summed E-state index contributed by atoms with van der Waals surface area (Å²) in [4.78, 5) is 62.6. The molecule has 0 unspecified atom stereocenters. The number of hydrogen-bond donors (Lipinski definition) is 1. The largest absolute Gasteiger partial charge is 0.459 e. The second-order valence-electron chi connectivity index (χ2n) is 10.4. The Kier molecular flexibility index (Phi) is 7.96. The van der Waals surface area contributed by atoms with Crippen LogP contribution in [-0.2, 0) is 42.9 Å². The number of carbonyl (C=O) groups is 5. The Morgan fingerprint density at radius 2 is 1.59 bits per heavy atom. The SMILES string of the molecule is C=C1C[C@H](OC(C)=O)[C@H](OC(C)=O)[C@@]2(C)C=CC(=O)[C@H](C)[C@@H]2[C@H](OC(C)=O)[C@]2(O)[C@@H](C)C(=O)O[C@H]2[C@H]1Cl. The molecule has 0 aromatic carbocycles. The highest BCUT2D eigenvalue weighted by Crippen LogP contribution is 2.54. The van der Waals surface area contributed by atoms with Crippen molar-refractivity contribution in [3.8, 4) is 0 Å². The predicted octanol–water partition coefficient (Wildman–Crippen LogP) is 2.04. The van der Waals surface area contributed by atoms with E-state index in [9.17, 15) is 29.1 Å². The number of hydrogen-bond acceptors (Lipinski definition) is 10. The maximum absolute atomic E-state index is 13.0. The quantitative estimate of drug-likeness (QED) is 0.244. The lowest BCUT2D eigenvalue weighted by Gasteiger charge is -2.53. The van der Waals surface area contributed by atoms with E-state index in [1.165, 1.54) is 32.9 Å². The molecule has 10 atom stereocenters. The van der Waals surface area contributed by atoms with Crippen molar-refractivity contribution in [3.63, 3.8) is 0 Å². The number of alkyl halides is 1. The lowest BCUT2D eigenvalue weighted by Crippen LogP contribution is -2.67. The molecule has 1 N–H and O–H groups in total. The first kappa shape index (κ1) is 28.8. The zero-order valence-corrected chi connectivity index (χ0v) is 22.4. The highest BCUT2D eigenvalue weighted by molar-refractivity contribution is 6.23. The molecule has 0 spiro atoms. The minimum absolute atomic E-state index is 0.110. The van der Waals surface area contributed by atoms with Crippen LogP contribution in [0.5, 0.6) is 0 Å². The molecule has 2 aliphatic carbocycles. The molecule has 10 nitrogen and oxygen atoms in total. The monoisotopic (exact) mass is 540 g/mol. The van der Waals surface area contributed by atoms with E-state index in [1.807, 2.05) is 0 Å². The number of esters is 4. The van der Waals surface area contributed by atoms with Gasteiger partial charge in [0.2, 0.25) is 0 Å². The first-order valence-electron chi connectivity index (χ1n) is 12.0. The summed E-state index contributed by atoms with van der Waals surface area (Å²) in [7, 11) is 0. The maximum atomic E-state index is 13.0. The van der Waals surface area contributed by atoms with Gasteiger partial charge >= 0.3 is 23.9 Å². The molecule has 204 valence electrons. The number of fused-ring (bicyclic) bond motifs is 2. The molecular weight excluding hydrogens is 508 g/mol. The topological polar surface area (TPSA) is 142 Å². The lowest BCUT2D eigenvalue weighted by molar-refractivity contribution is -0.217. The summed E-state index contributed by atoms with van der Waals surface area (Å²) >= 11 is 6.72. The molecule has 0 aromatic heterocycles. The predicted molar refractivity (Wildman–Crippen MR) is 129 cm³/mol. The second-order valence-corrected chi connectivity index (χ2v) is 10.8. The summed E-state index contributed by atoms with van der Waals surface area (Å²) in [5.74, 6) is -6.42. The summed E-state index contributed by atoms with van der Waals surface area (Å²) in [6, 6.07) is 0. The van der Waals surface area contributed by atoms with E-state index in [4.69, 9.17) is 30.5 Å². The van der Waals surface area contributed by atoms with Crippen molar-refractivity contribution in [3.05, 3.63) is 24.3 Å². The van der Waals surface area contributed by atoms with Crippen molar-refractivity contribution in [1.82, 2.24) is 0 Å². The standard InChI is InChI=1S/C26H33ClO10/c1-11-10-18(34-14(4)28)21(35-15(5)29)25(7)9-8-17(31)12(2)19(25)22(36-16(6)30)26(33)13(3)24(32)37-23(26)20(11)27/h8-9,12-13,18-23,33H,1,10H2,2-7H3/t12-,13-,18-,19+,20-,21-,22-,23-,25-,26+/m0/s1. The number of aliphatic hydroxyl groups is 1. The van der Waals surface area contributed by atoms with Crippen LogP contribution in [-0.4, -0.2) is 70.2 Å². The normalized spacial score (nSPS) is 41.7. The van der Waals surface area contributed by atoms with Crippen LogP contribution in [0, 0.1) is 23.2 Å². The summed E-state index contributed by atoms with van der Waals surface area (Å²) in [6.45, 7) is 12.1. The van der Waals surface area contributed by atoms with Gasteiger partial charge in [0.1, 0.15) is 18.3 Å². The second kappa shape index (κ2) is 10.2. The molecule has 3 aliphatic rings. The first-order valence-corrected chi connectivity index (χ1v) is 12.5. The highest BCUT2D eigenvalue weighted by atomic mass is 35.5. The van der Waals surface area contributed by atoms with Crippen LogP contribution in [0.1, 0.15) is 48.0 Å². The van der Waals surface area contributed by atoms with Crippen LogP contribution in [0.3, 0.4) is 0 Å². The van der Waals surface area contributed by atoms with E-state index in [1.54, 1.807) is 13.8 Å². The number of carbonyl (C=O) groups excluding carboxylic acids is 5. The van der Waals surface area contributed by atoms with Crippen molar-refractivity contribution in [1.29, 1.82) is 0 Å². The van der Waals surface area contributed by atoms with Gasteiger partial charge in [-0.05, 0) is 13.0 Å². The third kappa shape index (κ3) is 4.93. The fourth-order valence-corrected chi connectivity index (χ4v) is 6.34. The van der Waals surface area contributed by atoms with Gasteiger partial charge in [0.15, 0.2) is 17.5 Å². The Bertz CT molecular complexity index is 1050. The molecule has 0 radical (unpaired) electrons. The van der Waals surface area contributed by atoms with Crippen molar-refractivity contribution < 1.29 is 48.0 Å². The van der Waals surface area contributed by atoms with Gasteiger partial charge in [0.05, 0.1) is 11.3 Å². The lowest BCUT2D eigenvalue weighted by atomic mass is 9.56. The van der Waals surface area contributed by atoms with E-state index in [0.29, 0.717) is 0 Å². The smallest absolute Gasteiger partial charge is 0.312 e. The number of rotatable bonds is 3. The first-order chi connectivity index (χ1) is 17.0. The Labute approximate surface area is 220 Å². The molecule has 1 saturated heterocycles. The fourth-order valence-electron chi connectivity index (χ4n) is 6.00. The highest BCUT2D eigenvalue weighted by Gasteiger charge is 2.68. The van der Waals surface area contributed by atoms with Crippen molar-refractivity contribution in [2.45, 2.75) is 83.4 Å². The van der Waals surface area contributed by atoms with Crippen LogP contribution in [0.4, 0.5) is 0 Å². The number of ether oxygens (including phenoxy) is 4. The molecule has 1 heterocycles. The molecular formula is C26H33ClO10. The zero-order chi connectivity index (χ0) is 28.0. The Hall–Kier alpha value is -2.72. The van der Waals surface area contributed by atoms with E-state index >= 15 is 0 Å². The molecule has 37 heavy (non-hydrogen) atoms. The molecule has 1 aliphatic heterocycles. The van der Waals surface area contributed by atoms with Crippen LogP contribution < -0.4 is 0 Å². The Balaban J connectivity index is 2.39. The molecule has 2 fully saturated rings. The van der Waals surface area contributed by atoms with Gasteiger partial charge < -0.3 is 24.1 Å². The van der Waals surface area contributed by atoms with Crippen molar-refractivity contribution in [2.75, 3.05) is 0 Å².